The maximum absolute atomic E-state index is 3.54. The zero-order valence-corrected chi connectivity index (χ0v) is 10.5. The molecule has 0 atom stereocenters. The summed E-state index contributed by atoms with van der Waals surface area (Å²) in [6.07, 6.45) is 2.66. The number of piperidine rings is 1. The molecule has 0 amide bonds. The van der Waals surface area contributed by atoms with Crippen molar-refractivity contribution in [3.63, 3.8) is 0 Å². The molecule has 0 aliphatic carbocycles. The average molecular weight is 247 g/mol. The molecule has 0 bridgehead atoms. The van der Waals surface area contributed by atoms with Crippen LogP contribution in [0.2, 0.25) is 0 Å². The van der Waals surface area contributed by atoms with Crippen LogP contribution >= 0.6 is 23.7 Å². The molecule has 86 valence electrons. The number of rotatable bonds is 4. The minimum atomic E-state index is 0. The van der Waals surface area contributed by atoms with Gasteiger partial charge in [-0.15, -0.1) is 23.7 Å². The van der Waals surface area contributed by atoms with Crippen molar-refractivity contribution in [2.45, 2.75) is 19.4 Å². The largest absolute Gasteiger partial charge is 0.317 e. The lowest BCUT2D eigenvalue weighted by Gasteiger charge is -2.22. The summed E-state index contributed by atoms with van der Waals surface area (Å²) in [5, 5.41) is 9.07. The van der Waals surface area contributed by atoms with Crippen LogP contribution in [0.3, 0.4) is 0 Å². The van der Waals surface area contributed by atoms with Crippen LogP contribution in [0, 0.1) is 5.92 Å². The Labute approximate surface area is 102 Å². The fourth-order valence-corrected chi connectivity index (χ4v) is 2.57. The Morgan fingerprint density at radius 1 is 1.40 bits per heavy atom. The van der Waals surface area contributed by atoms with Crippen molar-refractivity contribution in [1.29, 1.82) is 0 Å². The summed E-state index contributed by atoms with van der Waals surface area (Å²) in [4.78, 5) is 1.44. The number of hydrogen-bond donors (Lipinski definition) is 2. The van der Waals surface area contributed by atoms with Gasteiger partial charge in [-0.3, -0.25) is 0 Å². The van der Waals surface area contributed by atoms with E-state index in [2.05, 4.69) is 28.1 Å². The van der Waals surface area contributed by atoms with E-state index < -0.39 is 0 Å². The molecule has 4 heteroatoms. The van der Waals surface area contributed by atoms with Gasteiger partial charge in [-0.05, 0) is 49.8 Å². The number of halogens is 1. The van der Waals surface area contributed by atoms with Crippen LogP contribution in [0.25, 0.3) is 0 Å². The molecule has 1 aliphatic heterocycles. The molecular formula is C11H19ClN2S. The molecule has 2 nitrogen and oxygen atoms in total. The third kappa shape index (κ3) is 4.51. The van der Waals surface area contributed by atoms with Gasteiger partial charge in [-0.25, -0.2) is 0 Å². The van der Waals surface area contributed by atoms with E-state index in [9.17, 15) is 0 Å². The maximum Gasteiger partial charge on any atom is 0.0299 e. The topological polar surface area (TPSA) is 24.1 Å². The van der Waals surface area contributed by atoms with E-state index in [0.717, 1.165) is 12.5 Å². The molecule has 0 saturated carbocycles. The molecule has 2 rings (SSSR count). The molecule has 1 fully saturated rings. The second kappa shape index (κ2) is 7.23. The van der Waals surface area contributed by atoms with Crippen LogP contribution in [0.15, 0.2) is 17.5 Å². The quantitative estimate of drug-likeness (QED) is 0.852. The third-order valence-electron chi connectivity index (χ3n) is 2.77. The molecule has 0 radical (unpaired) electrons. The highest BCUT2D eigenvalue weighted by Crippen LogP contribution is 2.11. The summed E-state index contributed by atoms with van der Waals surface area (Å²) in [5.74, 6) is 0.885. The Balaban J connectivity index is 0.00000112. The molecule has 2 heterocycles. The van der Waals surface area contributed by atoms with Gasteiger partial charge in [-0.1, -0.05) is 6.07 Å². The van der Waals surface area contributed by atoms with Gasteiger partial charge in [0.25, 0.3) is 0 Å². The van der Waals surface area contributed by atoms with Crippen LogP contribution < -0.4 is 10.6 Å². The summed E-state index contributed by atoms with van der Waals surface area (Å²) in [5.41, 5.74) is 0. The van der Waals surface area contributed by atoms with Gasteiger partial charge in [0.2, 0.25) is 0 Å². The van der Waals surface area contributed by atoms with Crippen LogP contribution in [-0.2, 0) is 6.54 Å². The van der Waals surface area contributed by atoms with Gasteiger partial charge >= 0.3 is 0 Å². The first-order chi connectivity index (χ1) is 6.95. The normalized spacial score (nSPS) is 17.3. The first-order valence-corrected chi connectivity index (χ1v) is 6.27. The molecule has 0 spiro atoms. The standard InChI is InChI=1S/C11H18N2S.ClH/c1-2-11(14-7-1)9-13-8-10-3-5-12-6-4-10;/h1-2,7,10,12-13H,3-6,8-9H2;1H. The van der Waals surface area contributed by atoms with Crippen LogP contribution in [0.1, 0.15) is 17.7 Å². The fraction of sp³-hybridized carbons (Fsp3) is 0.636. The molecule has 1 aromatic heterocycles. The zero-order chi connectivity index (χ0) is 9.64. The minimum absolute atomic E-state index is 0. The van der Waals surface area contributed by atoms with E-state index >= 15 is 0 Å². The Bertz CT molecular complexity index is 245. The smallest absolute Gasteiger partial charge is 0.0299 e. The molecule has 1 aliphatic rings. The van der Waals surface area contributed by atoms with E-state index in [4.69, 9.17) is 0 Å². The van der Waals surface area contributed by atoms with Crippen molar-refractivity contribution in [2.75, 3.05) is 19.6 Å². The first-order valence-electron chi connectivity index (χ1n) is 5.39. The number of hydrogen-bond acceptors (Lipinski definition) is 3. The van der Waals surface area contributed by atoms with Gasteiger partial charge in [-0.2, -0.15) is 0 Å². The zero-order valence-electron chi connectivity index (χ0n) is 8.87. The van der Waals surface area contributed by atoms with Gasteiger partial charge in [0.1, 0.15) is 0 Å². The summed E-state index contributed by atoms with van der Waals surface area (Å²) in [6, 6.07) is 4.31. The summed E-state index contributed by atoms with van der Waals surface area (Å²) >= 11 is 1.83. The molecule has 1 aromatic rings. The van der Waals surface area contributed by atoms with Gasteiger partial charge < -0.3 is 10.6 Å². The lowest BCUT2D eigenvalue weighted by molar-refractivity contribution is 0.357. The highest BCUT2D eigenvalue weighted by Gasteiger charge is 2.11. The molecule has 2 N–H and O–H groups in total. The van der Waals surface area contributed by atoms with Gasteiger partial charge in [0.15, 0.2) is 0 Å². The van der Waals surface area contributed by atoms with E-state index in [-0.39, 0.29) is 12.4 Å². The monoisotopic (exact) mass is 246 g/mol. The lowest BCUT2D eigenvalue weighted by Crippen LogP contribution is -2.33. The van der Waals surface area contributed by atoms with Crippen molar-refractivity contribution in [3.05, 3.63) is 22.4 Å². The molecule has 1 saturated heterocycles. The fourth-order valence-electron chi connectivity index (χ4n) is 1.90. The van der Waals surface area contributed by atoms with Crippen LogP contribution in [0.4, 0.5) is 0 Å². The van der Waals surface area contributed by atoms with Gasteiger partial charge in [0, 0.05) is 11.4 Å². The van der Waals surface area contributed by atoms with E-state index in [1.54, 1.807) is 0 Å². The predicted molar refractivity (Wildman–Crippen MR) is 68.9 cm³/mol. The number of thiophene rings is 1. The Hall–Kier alpha value is -0.0900. The highest BCUT2D eigenvalue weighted by molar-refractivity contribution is 7.09. The van der Waals surface area contributed by atoms with E-state index in [1.807, 2.05) is 11.3 Å². The van der Waals surface area contributed by atoms with Crippen molar-refractivity contribution in [1.82, 2.24) is 10.6 Å². The van der Waals surface area contributed by atoms with E-state index in [1.165, 1.54) is 37.4 Å². The summed E-state index contributed by atoms with van der Waals surface area (Å²) in [7, 11) is 0. The minimum Gasteiger partial charge on any atom is -0.317 e. The summed E-state index contributed by atoms with van der Waals surface area (Å²) < 4.78 is 0. The van der Waals surface area contributed by atoms with Crippen LogP contribution in [0.5, 0.6) is 0 Å². The Morgan fingerprint density at radius 3 is 2.87 bits per heavy atom. The lowest BCUT2D eigenvalue weighted by atomic mass is 9.98. The average Bonchev–Trinajstić information content (AvgIpc) is 2.72. The molecule has 15 heavy (non-hydrogen) atoms. The highest BCUT2D eigenvalue weighted by atomic mass is 35.5. The Kier molecular flexibility index (Phi) is 6.25. The second-order valence-electron chi connectivity index (χ2n) is 3.90. The van der Waals surface area contributed by atoms with Gasteiger partial charge in [0.05, 0.1) is 0 Å². The van der Waals surface area contributed by atoms with Crippen molar-refractivity contribution in [3.8, 4) is 0 Å². The predicted octanol–water partition coefficient (Wildman–Crippen LogP) is 2.26. The summed E-state index contributed by atoms with van der Waals surface area (Å²) in [6.45, 7) is 4.62. The second-order valence-corrected chi connectivity index (χ2v) is 4.94. The first kappa shape index (κ1) is 13.0. The van der Waals surface area contributed by atoms with E-state index in [0.29, 0.717) is 0 Å². The molecule has 0 unspecified atom stereocenters. The third-order valence-corrected chi connectivity index (χ3v) is 3.65. The maximum atomic E-state index is 3.54. The van der Waals surface area contributed by atoms with Crippen molar-refractivity contribution >= 4 is 23.7 Å². The SMILES string of the molecule is Cl.c1csc(CNCC2CCNCC2)c1. The van der Waals surface area contributed by atoms with Crippen LogP contribution in [-0.4, -0.2) is 19.6 Å². The van der Waals surface area contributed by atoms with Crippen molar-refractivity contribution in [2.24, 2.45) is 5.92 Å². The van der Waals surface area contributed by atoms with Crippen molar-refractivity contribution < 1.29 is 0 Å². The number of nitrogens with one attached hydrogen (secondary N) is 2. The molecular weight excluding hydrogens is 228 g/mol. The Morgan fingerprint density at radius 2 is 2.20 bits per heavy atom. The molecule has 0 aromatic carbocycles.